The predicted molar refractivity (Wildman–Crippen MR) is 137 cm³/mol. The van der Waals surface area contributed by atoms with Crippen LogP contribution in [0.4, 0.5) is 10.1 Å². The van der Waals surface area contributed by atoms with Crippen molar-refractivity contribution in [3.05, 3.63) is 120 Å². The predicted octanol–water partition coefficient (Wildman–Crippen LogP) is 6.46. The highest BCUT2D eigenvalue weighted by molar-refractivity contribution is 5.78. The molecule has 0 fully saturated rings. The summed E-state index contributed by atoms with van der Waals surface area (Å²) in [5, 5.41) is 0. The Kier molecular flexibility index (Phi) is 6.61. The Hall–Kier alpha value is -3.21. The molecule has 0 aromatic heterocycles. The molecule has 0 aliphatic carbocycles. The summed E-state index contributed by atoms with van der Waals surface area (Å²) in [5.74, 6) is -0.205. The summed E-state index contributed by atoms with van der Waals surface area (Å²) in [6.45, 7) is 0.825. The highest BCUT2D eigenvalue weighted by Gasteiger charge is 2.42. The molecule has 0 saturated heterocycles. The van der Waals surface area contributed by atoms with E-state index in [1.165, 1.54) is 16.8 Å². The van der Waals surface area contributed by atoms with Crippen molar-refractivity contribution in [3.8, 4) is 0 Å². The van der Waals surface area contributed by atoms with E-state index in [-0.39, 0.29) is 24.0 Å². The van der Waals surface area contributed by atoms with E-state index >= 15 is 0 Å². The molecule has 2 aliphatic heterocycles. The Labute approximate surface area is 201 Å². The van der Waals surface area contributed by atoms with E-state index in [0.29, 0.717) is 0 Å². The van der Waals surface area contributed by atoms with Gasteiger partial charge in [-0.15, -0.1) is 0 Å². The van der Waals surface area contributed by atoms with Crippen LogP contribution in [-0.4, -0.2) is 37.7 Å². The molecule has 3 aromatic rings. The molecule has 0 bridgehead atoms. The average Bonchev–Trinajstić information content (AvgIpc) is 3.11. The molecule has 0 saturated carbocycles. The zero-order chi connectivity index (χ0) is 23.5. The lowest BCUT2D eigenvalue weighted by Gasteiger charge is -2.48. The maximum atomic E-state index is 13.8. The molecule has 2 aliphatic rings. The first kappa shape index (κ1) is 22.6. The second-order valence-corrected chi connectivity index (χ2v) is 9.02. The van der Waals surface area contributed by atoms with Gasteiger partial charge in [0.15, 0.2) is 0 Å². The van der Waals surface area contributed by atoms with Crippen LogP contribution in [0.2, 0.25) is 0 Å². The van der Waals surface area contributed by atoms with Gasteiger partial charge in [-0.1, -0.05) is 72.8 Å². The van der Waals surface area contributed by atoms with Gasteiger partial charge < -0.3 is 9.64 Å². The van der Waals surface area contributed by atoms with E-state index < -0.39 is 0 Å². The number of para-hydroxylation sites is 1. The first-order valence-electron chi connectivity index (χ1n) is 11.9. The van der Waals surface area contributed by atoms with Gasteiger partial charge in [0.25, 0.3) is 0 Å². The van der Waals surface area contributed by atoms with E-state index in [0.717, 1.165) is 30.6 Å². The number of nitrogens with zero attached hydrogens (tertiary/aromatic N) is 2. The molecule has 3 atom stereocenters. The molecule has 5 rings (SSSR count). The largest absolute Gasteiger partial charge is 0.379 e. The van der Waals surface area contributed by atoms with Crippen LogP contribution in [0.15, 0.2) is 103 Å². The van der Waals surface area contributed by atoms with Crippen LogP contribution in [0, 0.1) is 5.82 Å². The summed E-state index contributed by atoms with van der Waals surface area (Å²) in [6, 6.07) is 28.4. The first-order valence-corrected chi connectivity index (χ1v) is 11.9. The first-order chi connectivity index (χ1) is 16.7. The lowest BCUT2D eigenvalue weighted by Crippen LogP contribution is -2.50. The zero-order valence-corrected chi connectivity index (χ0v) is 19.8. The smallest absolute Gasteiger partial charge is 0.123 e. The van der Waals surface area contributed by atoms with Gasteiger partial charge in [0, 0.05) is 44.5 Å². The van der Waals surface area contributed by atoms with Crippen molar-refractivity contribution in [1.82, 2.24) is 4.90 Å². The maximum Gasteiger partial charge on any atom is 0.123 e. The molecular formula is C30H31FN2O. The van der Waals surface area contributed by atoms with Gasteiger partial charge >= 0.3 is 0 Å². The van der Waals surface area contributed by atoms with Gasteiger partial charge in [-0.2, -0.15) is 0 Å². The second-order valence-electron chi connectivity index (χ2n) is 9.02. The molecule has 0 N–H and O–H groups in total. The summed E-state index contributed by atoms with van der Waals surface area (Å²) in [5.41, 5.74) is 6.08. The van der Waals surface area contributed by atoms with Crippen molar-refractivity contribution in [2.24, 2.45) is 0 Å². The standard InChI is InChI=1S/C30H31FN2O/c1-32(25-13-7-4-8-14-25)27-21-26(22-16-18-24(31)19-17-22)33-20-10-9-15-28(34-2)30(33)29(27)23-11-5-3-6-12-23/h3-14,16-19,26,28,30H,15,20-21H2,1-2H3/t26-,28+,30-/m0/s1. The molecule has 0 unspecified atom stereocenters. The number of ether oxygens (including phenoxy) is 1. The molecule has 3 nitrogen and oxygen atoms in total. The van der Waals surface area contributed by atoms with Crippen molar-refractivity contribution >= 4 is 11.3 Å². The SMILES string of the molecule is CO[C@@H]1CC=CCN2[C@@H]1C(c1ccccc1)=C(N(C)c1ccccc1)C[C@H]2c1ccc(F)cc1. The van der Waals surface area contributed by atoms with Gasteiger partial charge in [-0.25, -0.2) is 4.39 Å². The summed E-state index contributed by atoms with van der Waals surface area (Å²) in [7, 11) is 3.97. The normalized spacial score (nSPS) is 22.9. The maximum absolute atomic E-state index is 13.8. The van der Waals surface area contributed by atoms with E-state index in [2.05, 4.69) is 83.6 Å². The van der Waals surface area contributed by atoms with Crippen molar-refractivity contribution < 1.29 is 9.13 Å². The van der Waals surface area contributed by atoms with Crippen LogP contribution in [0.5, 0.6) is 0 Å². The Balaban J connectivity index is 1.73. The number of hydrogen-bond acceptors (Lipinski definition) is 3. The monoisotopic (exact) mass is 454 g/mol. The molecule has 174 valence electrons. The third kappa shape index (κ3) is 4.31. The summed E-state index contributed by atoms with van der Waals surface area (Å²) >= 11 is 0. The fourth-order valence-electron chi connectivity index (χ4n) is 5.44. The van der Waals surface area contributed by atoms with E-state index in [1.54, 1.807) is 12.1 Å². The number of benzene rings is 3. The van der Waals surface area contributed by atoms with Gasteiger partial charge in [0.1, 0.15) is 5.82 Å². The second kappa shape index (κ2) is 9.96. The minimum Gasteiger partial charge on any atom is -0.379 e. The number of methoxy groups -OCH3 is 1. The van der Waals surface area contributed by atoms with Crippen molar-refractivity contribution in [2.75, 3.05) is 25.6 Å². The Morgan fingerprint density at radius 1 is 0.882 bits per heavy atom. The van der Waals surface area contributed by atoms with Gasteiger partial charge in [0.05, 0.1) is 12.1 Å². The number of halogens is 1. The average molecular weight is 455 g/mol. The van der Waals surface area contributed by atoms with Crippen LogP contribution in [0.1, 0.15) is 30.0 Å². The Morgan fingerprint density at radius 3 is 2.24 bits per heavy atom. The number of anilines is 1. The van der Waals surface area contributed by atoms with Gasteiger partial charge in [-0.05, 0) is 47.4 Å². The lowest BCUT2D eigenvalue weighted by molar-refractivity contribution is 0.0252. The van der Waals surface area contributed by atoms with Crippen molar-refractivity contribution in [1.29, 1.82) is 0 Å². The molecule has 3 aromatic carbocycles. The van der Waals surface area contributed by atoms with Crippen molar-refractivity contribution in [2.45, 2.75) is 31.0 Å². The summed E-state index contributed by atoms with van der Waals surface area (Å²) in [6.07, 6.45) is 6.17. The van der Waals surface area contributed by atoms with E-state index in [9.17, 15) is 4.39 Å². The van der Waals surface area contributed by atoms with E-state index in [1.807, 2.05) is 25.3 Å². The fourth-order valence-corrected chi connectivity index (χ4v) is 5.44. The van der Waals surface area contributed by atoms with E-state index in [4.69, 9.17) is 4.74 Å². The van der Waals surface area contributed by atoms with Crippen LogP contribution in [0.3, 0.4) is 0 Å². The molecule has 2 heterocycles. The topological polar surface area (TPSA) is 15.7 Å². The van der Waals surface area contributed by atoms with Gasteiger partial charge in [0.2, 0.25) is 0 Å². The van der Waals surface area contributed by atoms with Gasteiger partial charge in [-0.3, -0.25) is 4.90 Å². The molecule has 0 amide bonds. The Bertz CT molecular complexity index is 1160. The minimum atomic E-state index is -0.205. The van der Waals surface area contributed by atoms with Crippen LogP contribution >= 0.6 is 0 Å². The van der Waals surface area contributed by atoms with Crippen LogP contribution < -0.4 is 4.90 Å². The van der Waals surface area contributed by atoms with Crippen molar-refractivity contribution in [3.63, 3.8) is 0 Å². The summed E-state index contributed by atoms with van der Waals surface area (Å²) in [4.78, 5) is 4.86. The highest BCUT2D eigenvalue weighted by atomic mass is 19.1. The quantitative estimate of drug-likeness (QED) is 0.411. The zero-order valence-electron chi connectivity index (χ0n) is 19.8. The number of fused-ring (bicyclic) bond motifs is 1. The molecular weight excluding hydrogens is 423 g/mol. The molecule has 4 heteroatoms. The van der Waals surface area contributed by atoms with Crippen LogP contribution in [0.25, 0.3) is 5.57 Å². The van der Waals surface area contributed by atoms with Crippen LogP contribution in [-0.2, 0) is 4.74 Å². The third-order valence-corrected chi connectivity index (χ3v) is 7.15. The molecule has 0 radical (unpaired) electrons. The Morgan fingerprint density at radius 2 is 1.56 bits per heavy atom. The summed E-state index contributed by atoms with van der Waals surface area (Å²) < 4.78 is 19.9. The highest BCUT2D eigenvalue weighted by Crippen LogP contribution is 2.46. The molecule has 0 spiro atoms. The number of rotatable bonds is 5. The third-order valence-electron chi connectivity index (χ3n) is 7.15. The minimum absolute atomic E-state index is 0.0105. The fraction of sp³-hybridized carbons (Fsp3) is 0.267. The molecule has 34 heavy (non-hydrogen) atoms. The number of hydrogen-bond donors (Lipinski definition) is 0. The lowest BCUT2D eigenvalue weighted by atomic mass is 9.82.